The second-order valence-electron chi connectivity index (χ2n) is 27.4. The van der Waals surface area contributed by atoms with Crippen molar-refractivity contribution in [3.63, 3.8) is 0 Å². The number of likely N-dealkylation sites (tertiary alicyclic amines) is 2. The minimum atomic E-state index is -0.856. The van der Waals surface area contributed by atoms with Crippen LogP contribution in [0.15, 0.2) is 73.1 Å². The molecule has 6 aliphatic rings. The lowest BCUT2D eigenvalue weighted by Gasteiger charge is -2.58. The van der Waals surface area contributed by atoms with Gasteiger partial charge in [-0.15, -0.1) is 0 Å². The molecule has 4 saturated heterocycles. The van der Waals surface area contributed by atoms with Gasteiger partial charge in [0.05, 0.1) is 52.2 Å². The molecule has 14 rings (SSSR count). The number of hydrogen-bond acceptors (Lipinski definition) is 14. The molecule has 8 aromatic rings. The second kappa shape index (κ2) is 25.6. The molecule has 6 fully saturated rings. The Morgan fingerprint density at radius 2 is 1.05 bits per heavy atom. The van der Waals surface area contributed by atoms with E-state index in [0.29, 0.717) is 47.7 Å². The minimum Gasteiger partial charge on any atom is -0.491 e. The van der Waals surface area contributed by atoms with E-state index in [-0.39, 0.29) is 73.9 Å². The van der Waals surface area contributed by atoms with Crippen molar-refractivity contribution in [3.05, 3.63) is 106 Å². The Labute approximate surface area is 550 Å². The van der Waals surface area contributed by atoms with Crippen LogP contribution in [-0.2, 0) is 23.7 Å². The van der Waals surface area contributed by atoms with E-state index < -0.39 is 11.7 Å². The topological polar surface area (TPSA) is 225 Å². The van der Waals surface area contributed by atoms with E-state index >= 15 is 0 Å². The maximum absolute atomic E-state index is 12.6. The first-order valence-electron chi connectivity index (χ1n) is 32.5. The fourth-order valence-corrected chi connectivity index (χ4v) is 15.4. The molecule has 93 heavy (non-hydrogen) atoms. The number of rotatable bonds is 15. The van der Waals surface area contributed by atoms with Gasteiger partial charge in [-0.3, -0.25) is 14.2 Å². The Morgan fingerprint density at radius 1 is 0.613 bits per heavy atom. The van der Waals surface area contributed by atoms with Crippen LogP contribution in [0.4, 0.5) is 9.59 Å². The van der Waals surface area contributed by atoms with Gasteiger partial charge in [-0.2, -0.15) is 20.4 Å². The number of carboxylic acid groups (broad SMARTS) is 1. The third-order valence-corrected chi connectivity index (χ3v) is 20.3. The molecule has 4 aromatic carbocycles. The molecular weight excluding hydrogens is 1230 g/mol. The van der Waals surface area contributed by atoms with Gasteiger partial charge < -0.3 is 48.4 Å². The first-order valence-corrected chi connectivity index (χ1v) is 33.3. The molecule has 492 valence electrons. The lowest BCUT2D eigenvalue weighted by atomic mass is 9.60. The van der Waals surface area contributed by atoms with Crippen LogP contribution in [0.25, 0.3) is 66.6 Å². The number of carbonyl (C=O) groups excluding carboxylic acids is 2. The summed E-state index contributed by atoms with van der Waals surface area (Å²) in [6.45, 7) is 20.0. The average molecular weight is 1310 g/mol. The van der Waals surface area contributed by atoms with Crippen LogP contribution in [0, 0.1) is 38.5 Å². The minimum absolute atomic E-state index is 0.0300. The van der Waals surface area contributed by atoms with Crippen LogP contribution in [0.5, 0.6) is 11.5 Å². The van der Waals surface area contributed by atoms with Crippen molar-refractivity contribution in [1.82, 2.24) is 48.9 Å². The number of esters is 1. The summed E-state index contributed by atoms with van der Waals surface area (Å²) >= 11 is 14.4. The third kappa shape index (κ3) is 12.4. The van der Waals surface area contributed by atoms with Gasteiger partial charge in [0, 0.05) is 113 Å². The third-order valence-electron chi connectivity index (χ3n) is 19.4. The van der Waals surface area contributed by atoms with Crippen molar-refractivity contribution in [1.29, 1.82) is 0 Å². The molecule has 0 bridgehead atoms. The van der Waals surface area contributed by atoms with E-state index in [0.717, 1.165) is 167 Å². The zero-order valence-corrected chi connectivity index (χ0v) is 55.7. The molecule has 2 spiro atoms. The Kier molecular flexibility index (Phi) is 17.6. The smallest absolute Gasteiger partial charge is 0.410 e. The molecule has 4 aliphatic heterocycles. The number of carbonyl (C=O) groups is 3. The summed E-state index contributed by atoms with van der Waals surface area (Å²) < 4.78 is 42.5. The number of halogens is 2. The highest BCUT2D eigenvalue weighted by molar-refractivity contribution is 6.37. The Hall–Kier alpha value is -7.69. The van der Waals surface area contributed by atoms with Crippen molar-refractivity contribution >= 4 is 63.2 Å². The molecule has 4 aromatic heterocycles. The molecular formula is C70H82Cl2N10O11. The number of aryl methyl sites for hydroxylation is 2. The number of benzene rings is 4. The highest BCUT2D eigenvalue weighted by atomic mass is 35.5. The first-order chi connectivity index (χ1) is 44.6. The molecule has 0 radical (unpaired) electrons. The van der Waals surface area contributed by atoms with Gasteiger partial charge in [0.15, 0.2) is 12.5 Å². The van der Waals surface area contributed by atoms with Gasteiger partial charge in [-0.1, -0.05) is 23.2 Å². The van der Waals surface area contributed by atoms with E-state index in [9.17, 15) is 24.6 Å². The van der Waals surface area contributed by atoms with Crippen LogP contribution in [0.1, 0.15) is 139 Å². The normalized spacial score (nSPS) is 20.0. The number of amides is 2. The van der Waals surface area contributed by atoms with E-state index in [4.69, 9.17) is 72.0 Å². The molecule has 2 unspecified atom stereocenters. The molecule has 2 atom stereocenters. The van der Waals surface area contributed by atoms with Crippen LogP contribution in [0.3, 0.4) is 0 Å². The summed E-state index contributed by atoms with van der Waals surface area (Å²) in [5, 5.41) is 42.0. The van der Waals surface area contributed by atoms with Crippen molar-refractivity contribution in [2.45, 2.75) is 150 Å². The molecule has 2 aliphatic carbocycles. The largest absolute Gasteiger partial charge is 0.491 e. The fourth-order valence-electron chi connectivity index (χ4n) is 14.9. The van der Waals surface area contributed by atoms with E-state index in [1.54, 1.807) is 0 Å². The highest BCUT2D eigenvalue weighted by Crippen LogP contribution is 2.58. The number of fused-ring (bicyclic) bond motifs is 2. The van der Waals surface area contributed by atoms with Gasteiger partial charge in [0.25, 0.3) is 0 Å². The predicted octanol–water partition coefficient (Wildman–Crippen LogP) is 14.3. The van der Waals surface area contributed by atoms with Crippen LogP contribution in [0.2, 0.25) is 10.0 Å². The number of ether oxygens (including phenoxy) is 6. The summed E-state index contributed by atoms with van der Waals surface area (Å²) in [6, 6.07) is 20.1. The number of aliphatic hydroxyl groups is 1. The Balaban J connectivity index is 0.000000169. The van der Waals surface area contributed by atoms with Gasteiger partial charge >= 0.3 is 18.2 Å². The molecule has 21 nitrogen and oxygen atoms in total. The number of aromatic nitrogens is 8. The van der Waals surface area contributed by atoms with Crippen LogP contribution < -0.4 is 9.47 Å². The summed E-state index contributed by atoms with van der Waals surface area (Å²) in [6.07, 6.45) is 12.3. The summed E-state index contributed by atoms with van der Waals surface area (Å²) in [5.41, 5.74) is 12.8. The maximum Gasteiger partial charge on any atom is 0.410 e. The summed E-state index contributed by atoms with van der Waals surface area (Å²) in [5.74, 6) is 1.00. The van der Waals surface area contributed by atoms with Crippen molar-refractivity contribution in [2.24, 2.45) is 10.8 Å². The van der Waals surface area contributed by atoms with Gasteiger partial charge in [-0.25, -0.2) is 19.0 Å². The Morgan fingerprint density at radius 3 is 1.45 bits per heavy atom. The van der Waals surface area contributed by atoms with E-state index in [1.165, 1.54) is 11.8 Å². The average Bonchev–Trinajstić information content (AvgIpc) is 1.46. The highest BCUT2D eigenvalue weighted by Gasteiger charge is 2.57. The van der Waals surface area contributed by atoms with Gasteiger partial charge in [0.1, 0.15) is 48.3 Å². The maximum atomic E-state index is 12.6. The number of nitrogens with zero attached hydrogens (tertiary/aromatic N) is 10. The summed E-state index contributed by atoms with van der Waals surface area (Å²) in [4.78, 5) is 38.4. The first kappa shape index (κ1) is 64.0. The molecule has 8 heterocycles. The Bertz CT molecular complexity index is 4110. The molecule has 23 heteroatoms. The van der Waals surface area contributed by atoms with Crippen molar-refractivity contribution in [2.75, 3.05) is 65.8 Å². The second-order valence-corrected chi connectivity index (χ2v) is 28.1. The number of hydrogen-bond donors (Lipinski definition) is 2. The zero-order chi connectivity index (χ0) is 65.3. The monoisotopic (exact) mass is 1310 g/mol. The lowest BCUT2D eigenvalue weighted by molar-refractivity contribution is -0.141. The molecule has 2 saturated carbocycles. The molecule has 2 amide bonds. The van der Waals surface area contributed by atoms with E-state index in [1.807, 2.05) is 110 Å². The van der Waals surface area contributed by atoms with E-state index in [2.05, 4.69) is 35.3 Å². The fraction of sp³-hybridized carbons (Fsp3) is 0.500. The zero-order valence-electron chi connectivity index (χ0n) is 54.2. The van der Waals surface area contributed by atoms with Crippen LogP contribution in [-0.4, -0.2) is 149 Å². The van der Waals surface area contributed by atoms with Gasteiger partial charge in [0.2, 0.25) is 0 Å². The lowest BCUT2D eigenvalue weighted by Crippen LogP contribution is -2.64. The van der Waals surface area contributed by atoms with Crippen molar-refractivity contribution < 1.29 is 53.0 Å². The van der Waals surface area contributed by atoms with Gasteiger partial charge in [-0.05, 0) is 184 Å². The number of aliphatic hydroxyl groups excluding tert-OH is 1. The van der Waals surface area contributed by atoms with Crippen LogP contribution >= 0.6 is 23.2 Å². The molecule has 2 N–H and O–H groups in total. The summed E-state index contributed by atoms with van der Waals surface area (Å²) in [7, 11) is 0. The van der Waals surface area contributed by atoms with Crippen molar-refractivity contribution in [3.8, 4) is 56.3 Å². The standard InChI is InChI=1S/C36H44ClN5O5.C34H38ClN5O6/c1-22-16-28-27(19-38-42(28)29-8-6-7-14-46-29)31(32(22)37)30-23(2)41(39-33(30)24-9-11-26(12-10-24)45-15-13-43)25-17-36(18-25)20-40(21-36)34(44)47-35(3,4)5;1-20-14-27-26(17-36-40(27)28-6-4-5-11-46-28)30(31(20)35)29-21(2)39(24-15-34(16-24)18-38(19-34)33(42)43)37-32(29)23-7-9-25(10-8-23)45-13-12-44-22(3)41/h9-12,16,19,25,29,43H,6-8,13-15,17-18,20-21H2,1-5H3;7-10,14,17,24,28H,4-6,11-13,15-16,18-19H2,1-3H3,(H,42,43). The quantitative estimate of drug-likeness (QED) is 0.0719. The predicted molar refractivity (Wildman–Crippen MR) is 353 cm³/mol. The SMILES string of the molecule is CC(=O)OCCOc1ccc(-c2nn(C3CC4(C3)CN(C(=O)O)C4)c(C)c2-c2c(Cl)c(C)cc3c2cnn3C2CCCCO2)cc1.Cc1cc2c(cnn2C2CCCCO2)c(-c2c(-c3ccc(OCCO)cc3)nn(C3CC4(C3)CN(C(=O)OC(C)(C)C)C4)c2C)c1Cl.